The minimum Gasteiger partial charge on any atom is -0.496 e. The molecule has 0 saturated heterocycles. The Bertz CT molecular complexity index is 369. The molecule has 1 aromatic rings. The van der Waals surface area contributed by atoms with Crippen molar-refractivity contribution in [1.82, 2.24) is 0 Å². The summed E-state index contributed by atoms with van der Waals surface area (Å²) in [5, 5.41) is 10.4. The van der Waals surface area contributed by atoms with E-state index in [1.165, 1.54) is 12.8 Å². The first kappa shape index (κ1) is 11.5. The molecule has 0 aromatic heterocycles. The molecule has 88 valence electrons. The van der Waals surface area contributed by atoms with Crippen LogP contribution in [0.5, 0.6) is 5.75 Å². The maximum atomic E-state index is 10.4. The molecule has 1 aromatic carbocycles. The lowest BCUT2D eigenvalue weighted by atomic mass is 9.92. The number of ether oxygens (including phenoxy) is 1. The molecule has 1 aliphatic carbocycles. The number of hydrogen-bond acceptors (Lipinski definition) is 2. The number of aliphatic hydroxyl groups excluding tert-OH is 1. The van der Waals surface area contributed by atoms with Crippen molar-refractivity contribution in [2.75, 3.05) is 7.11 Å². The minimum atomic E-state index is -0.401. The van der Waals surface area contributed by atoms with Crippen LogP contribution in [0.2, 0.25) is 0 Å². The van der Waals surface area contributed by atoms with E-state index in [4.69, 9.17) is 4.74 Å². The lowest BCUT2D eigenvalue weighted by Crippen LogP contribution is -2.12. The van der Waals surface area contributed by atoms with Crippen molar-refractivity contribution in [2.24, 2.45) is 11.8 Å². The average molecular weight is 220 g/mol. The molecule has 2 rings (SSSR count). The highest BCUT2D eigenvalue weighted by atomic mass is 16.5. The van der Waals surface area contributed by atoms with E-state index in [0.717, 1.165) is 16.9 Å². The maximum absolute atomic E-state index is 10.4. The first-order chi connectivity index (χ1) is 7.63. The Hall–Kier alpha value is -1.02. The summed E-state index contributed by atoms with van der Waals surface area (Å²) in [6.45, 7) is 4.17. The van der Waals surface area contributed by atoms with Crippen molar-refractivity contribution in [1.29, 1.82) is 0 Å². The minimum absolute atomic E-state index is 0.329. The zero-order chi connectivity index (χ0) is 11.7. The molecule has 0 amide bonds. The highest BCUT2D eigenvalue weighted by Gasteiger charge is 2.34. The van der Waals surface area contributed by atoms with Crippen LogP contribution >= 0.6 is 0 Å². The highest BCUT2D eigenvalue weighted by Crippen LogP contribution is 2.44. The van der Waals surface area contributed by atoms with Crippen molar-refractivity contribution in [3.63, 3.8) is 0 Å². The summed E-state index contributed by atoms with van der Waals surface area (Å²) in [5.74, 6) is 1.82. The van der Waals surface area contributed by atoms with Gasteiger partial charge < -0.3 is 9.84 Å². The second-order valence-corrected chi connectivity index (χ2v) is 4.89. The normalized spacial score (nSPS) is 19.2. The fourth-order valence-electron chi connectivity index (χ4n) is 2.25. The molecule has 0 radical (unpaired) electrons. The Morgan fingerprint density at radius 2 is 2.06 bits per heavy atom. The smallest absolute Gasteiger partial charge is 0.124 e. The second kappa shape index (κ2) is 4.46. The predicted octanol–water partition coefficient (Wildman–Crippen LogP) is 3.08. The Morgan fingerprint density at radius 3 is 2.62 bits per heavy atom. The van der Waals surface area contributed by atoms with E-state index in [0.29, 0.717) is 11.8 Å². The molecule has 0 aliphatic heterocycles. The predicted molar refractivity (Wildman–Crippen MR) is 64.6 cm³/mol. The first-order valence-corrected chi connectivity index (χ1v) is 5.96. The monoisotopic (exact) mass is 220 g/mol. The molecule has 1 N–H and O–H groups in total. The van der Waals surface area contributed by atoms with Crippen molar-refractivity contribution in [3.05, 3.63) is 29.3 Å². The lowest BCUT2D eigenvalue weighted by Gasteiger charge is -2.21. The van der Waals surface area contributed by atoms with Gasteiger partial charge in [-0.25, -0.2) is 0 Å². The molecule has 0 spiro atoms. The van der Waals surface area contributed by atoms with E-state index < -0.39 is 6.10 Å². The number of rotatable bonds is 4. The van der Waals surface area contributed by atoms with Gasteiger partial charge >= 0.3 is 0 Å². The summed E-state index contributed by atoms with van der Waals surface area (Å²) in [6.07, 6.45) is 2.11. The van der Waals surface area contributed by atoms with Crippen LogP contribution in [0.25, 0.3) is 0 Å². The summed E-state index contributed by atoms with van der Waals surface area (Å²) in [5.41, 5.74) is 2.10. The van der Waals surface area contributed by atoms with Crippen LogP contribution in [-0.4, -0.2) is 12.2 Å². The molecule has 0 heterocycles. The van der Waals surface area contributed by atoms with Crippen LogP contribution < -0.4 is 4.74 Å². The highest BCUT2D eigenvalue weighted by molar-refractivity contribution is 5.38. The molecule has 2 atom stereocenters. The van der Waals surface area contributed by atoms with Crippen molar-refractivity contribution >= 4 is 0 Å². The first-order valence-electron chi connectivity index (χ1n) is 5.96. The molecule has 2 unspecified atom stereocenters. The third-order valence-corrected chi connectivity index (χ3v) is 3.57. The third-order valence-electron chi connectivity index (χ3n) is 3.57. The van der Waals surface area contributed by atoms with Gasteiger partial charge in [-0.1, -0.05) is 18.6 Å². The summed E-state index contributed by atoms with van der Waals surface area (Å²) in [7, 11) is 1.66. The largest absolute Gasteiger partial charge is 0.496 e. The van der Waals surface area contributed by atoms with Crippen molar-refractivity contribution in [3.8, 4) is 5.75 Å². The zero-order valence-electron chi connectivity index (χ0n) is 10.2. The van der Waals surface area contributed by atoms with Crippen LogP contribution in [0.4, 0.5) is 0 Å². The van der Waals surface area contributed by atoms with E-state index in [-0.39, 0.29) is 0 Å². The maximum Gasteiger partial charge on any atom is 0.124 e. The van der Waals surface area contributed by atoms with Gasteiger partial charge in [-0.3, -0.25) is 0 Å². The van der Waals surface area contributed by atoms with Crippen molar-refractivity contribution in [2.45, 2.75) is 32.8 Å². The number of aryl methyl sites for hydroxylation is 1. The van der Waals surface area contributed by atoms with Gasteiger partial charge in [0.1, 0.15) is 5.75 Å². The standard InChI is InChI=1S/C14H20O2/c1-9-4-7-13(16-3)12(8-9)14(15)10(2)11-5-6-11/h4,7-8,10-11,14-15H,5-6H2,1-3H3. The Kier molecular flexibility index (Phi) is 3.20. The Morgan fingerprint density at radius 1 is 1.38 bits per heavy atom. The van der Waals surface area contributed by atoms with Gasteiger partial charge in [0.2, 0.25) is 0 Å². The quantitative estimate of drug-likeness (QED) is 0.845. The van der Waals surface area contributed by atoms with E-state index >= 15 is 0 Å². The van der Waals surface area contributed by atoms with E-state index in [9.17, 15) is 5.11 Å². The van der Waals surface area contributed by atoms with Crippen LogP contribution in [-0.2, 0) is 0 Å². The van der Waals surface area contributed by atoms with Crippen LogP contribution in [0.3, 0.4) is 0 Å². The number of methoxy groups -OCH3 is 1. The van der Waals surface area contributed by atoms with Gasteiger partial charge in [-0.2, -0.15) is 0 Å². The average Bonchev–Trinajstić information content (AvgIpc) is 3.11. The molecule has 1 saturated carbocycles. The fourth-order valence-corrected chi connectivity index (χ4v) is 2.25. The second-order valence-electron chi connectivity index (χ2n) is 4.89. The van der Waals surface area contributed by atoms with Gasteiger partial charge in [0, 0.05) is 5.56 Å². The fraction of sp³-hybridized carbons (Fsp3) is 0.571. The van der Waals surface area contributed by atoms with Crippen LogP contribution in [0.15, 0.2) is 18.2 Å². The molecular weight excluding hydrogens is 200 g/mol. The van der Waals surface area contributed by atoms with Crippen LogP contribution in [0.1, 0.15) is 37.0 Å². The molecule has 0 bridgehead atoms. The van der Waals surface area contributed by atoms with Crippen LogP contribution in [0, 0.1) is 18.8 Å². The van der Waals surface area contributed by atoms with Gasteiger partial charge in [0.15, 0.2) is 0 Å². The zero-order valence-corrected chi connectivity index (χ0v) is 10.2. The van der Waals surface area contributed by atoms with E-state index in [1.807, 2.05) is 25.1 Å². The van der Waals surface area contributed by atoms with Crippen molar-refractivity contribution < 1.29 is 9.84 Å². The summed E-state index contributed by atoms with van der Waals surface area (Å²) in [4.78, 5) is 0. The van der Waals surface area contributed by atoms with Gasteiger partial charge in [-0.05, 0) is 43.7 Å². The van der Waals surface area contributed by atoms with Gasteiger partial charge in [-0.15, -0.1) is 0 Å². The number of hydrogen-bond donors (Lipinski definition) is 1. The Balaban J connectivity index is 2.26. The molecule has 2 nitrogen and oxygen atoms in total. The summed E-state index contributed by atoms with van der Waals surface area (Å²) < 4.78 is 5.31. The summed E-state index contributed by atoms with van der Waals surface area (Å²) >= 11 is 0. The van der Waals surface area contributed by atoms with Gasteiger partial charge in [0.05, 0.1) is 13.2 Å². The topological polar surface area (TPSA) is 29.5 Å². The number of benzene rings is 1. The SMILES string of the molecule is COc1ccc(C)cc1C(O)C(C)C1CC1. The molecule has 16 heavy (non-hydrogen) atoms. The van der Waals surface area contributed by atoms with E-state index in [2.05, 4.69) is 6.92 Å². The van der Waals surface area contributed by atoms with Gasteiger partial charge in [0.25, 0.3) is 0 Å². The lowest BCUT2D eigenvalue weighted by molar-refractivity contribution is 0.103. The Labute approximate surface area is 97.3 Å². The number of aliphatic hydroxyl groups is 1. The molecule has 1 aliphatic rings. The van der Waals surface area contributed by atoms with E-state index in [1.54, 1.807) is 7.11 Å². The third kappa shape index (κ3) is 2.22. The summed E-state index contributed by atoms with van der Waals surface area (Å²) in [6, 6.07) is 5.98. The molecular formula is C14H20O2. The molecule has 2 heteroatoms. The molecule has 1 fully saturated rings.